The zero-order chi connectivity index (χ0) is 18.4. The van der Waals surface area contributed by atoms with Gasteiger partial charge in [0.1, 0.15) is 12.3 Å². The number of rotatable bonds is 7. The van der Waals surface area contributed by atoms with Gasteiger partial charge in [-0.2, -0.15) is 0 Å². The van der Waals surface area contributed by atoms with E-state index in [1.54, 1.807) is 37.3 Å². The van der Waals surface area contributed by atoms with Crippen molar-refractivity contribution in [2.75, 3.05) is 18.4 Å². The number of hydrogen-bond donors (Lipinski definition) is 1. The summed E-state index contributed by atoms with van der Waals surface area (Å²) in [5, 5.41) is 6.92. The molecule has 0 aliphatic heterocycles. The number of carbonyl (C=O) groups is 2. The van der Waals surface area contributed by atoms with Gasteiger partial charge in [0.2, 0.25) is 5.91 Å². The van der Waals surface area contributed by atoms with E-state index in [9.17, 15) is 9.59 Å². The lowest BCUT2D eigenvalue weighted by Crippen LogP contribution is -2.39. The summed E-state index contributed by atoms with van der Waals surface area (Å²) in [5.41, 5.74) is 0.498. The Hall–Kier alpha value is -2.34. The van der Waals surface area contributed by atoms with E-state index < -0.39 is 0 Å². The van der Waals surface area contributed by atoms with Crippen LogP contribution >= 0.6 is 11.6 Å². The Kier molecular flexibility index (Phi) is 6.58. The average molecular weight is 364 g/mol. The van der Waals surface area contributed by atoms with Crippen LogP contribution in [0.2, 0.25) is 5.02 Å². The molecule has 0 unspecified atom stereocenters. The molecule has 2 rings (SSSR count). The highest BCUT2D eigenvalue weighted by atomic mass is 35.5. The molecule has 7 heteroatoms. The predicted molar refractivity (Wildman–Crippen MR) is 96.7 cm³/mol. The number of nitrogens with one attached hydrogen (secondary N) is 1. The second-order valence-electron chi connectivity index (χ2n) is 6.29. The minimum Gasteiger partial charge on any atom is -0.360 e. The smallest absolute Gasteiger partial charge is 0.254 e. The van der Waals surface area contributed by atoms with E-state index in [0.29, 0.717) is 34.6 Å². The van der Waals surface area contributed by atoms with E-state index in [1.165, 1.54) is 4.90 Å². The fourth-order valence-electron chi connectivity index (χ4n) is 2.22. The molecule has 0 atom stereocenters. The number of anilines is 1. The zero-order valence-electron chi connectivity index (χ0n) is 14.6. The topological polar surface area (TPSA) is 75.4 Å². The van der Waals surface area contributed by atoms with Crippen molar-refractivity contribution in [3.05, 3.63) is 46.7 Å². The fourth-order valence-corrected chi connectivity index (χ4v) is 2.35. The molecule has 1 heterocycles. The minimum atomic E-state index is -0.320. The number of nitrogens with zero attached hydrogens (tertiary/aromatic N) is 2. The van der Waals surface area contributed by atoms with Crippen LogP contribution in [0.15, 0.2) is 34.9 Å². The third-order valence-corrected chi connectivity index (χ3v) is 3.84. The molecule has 1 aromatic carbocycles. The molecular formula is C18H22ClN3O3. The van der Waals surface area contributed by atoms with Gasteiger partial charge in [-0.1, -0.05) is 30.6 Å². The summed E-state index contributed by atoms with van der Waals surface area (Å²) in [7, 11) is 0. The minimum absolute atomic E-state index is 0.0555. The monoisotopic (exact) mass is 363 g/mol. The first kappa shape index (κ1) is 19.0. The third-order valence-electron chi connectivity index (χ3n) is 3.58. The van der Waals surface area contributed by atoms with Crippen LogP contribution in [0, 0.1) is 12.8 Å². The van der Waals surface area contributed by atoms with Gasteiger partial charge in [-0.3, -0.25) is 9.59 Å². The lowest BCUT2D eigenvalue weighted by molar-refractivity contribution is -0.117. The van der Waals surface area contributed by atoms with E-state index >= 15 is 0 Å². The lowest BCUT2D eigenvalue weighted by Gasteiger charge is -2.23. The fraction of sp³-hybridized carbons (Fsp3) is 0.389. The van der Waals surface area contributed by atoms with Crippen molar-refractivity contribution in [1.29, 1.82) is 0 Å². The van der Waals surface area contributed by atoms with Crippen LogP contribution in [-0.2, 0) is 4.79 Å². The van der Waals surface area contributed by atoms with Gasteiger partial charge >= 0.3 is 0 Å². The van der Waals surface area contributed by atoms with Crippen LogP contribution in [0.4, 0.5) is 5.82 Å². The molecule has 0 saturated heterocycles. The second-order valence-corrected chi connectivity index (χ2v) is 6.72. The van der Waals surface area contributed by atoms with Gasteiger partial charge in [-0.25, -0.2) is 0 Å². The number of carbonyl (C=O) groups excluding carboxylic acids is 2. The molecule has 2 amide bonds. The first-order chi connectivity index (χ1) is 11.8. The van der Waals surface area contributed by atoms with Gasteiger partial charge < -0.3 is 14.7 Å². The summed E-state index contributed by atoms with van der Waals surface area (Å²) in [4.78, 5) is 26.5. The highest BCUT2D eigenvalue weighted by molar-refractivity contribution is 6.30. The third kappa shape index (κ3) is 5.90. The van der Waals surface area contributed by atoms with Crippen molar-refractivity contribution in [3.63, 3.8) is 0 Å². The summed E-state index contributed by atoms with van der Waals surface area (Å²) >= 11 is 5.87. The largest absolute Gasteiger partial charge is 0.360 e. The Morgan fingerprint density at radius 3 is 2.52 bits per heavy atom. The molecule has 2 aromatic rings. The van der Waals surface area contributed by atoms with E-state index in [0.717, 1.165) is 6.42 Å². The van der Waals surface area contributed by atoms with E-state index in [2.05, 4.69) is 24.3 Å². The predicted octanol–water partition coefficient (Wildman–Crippen LogP) is 3.76. The number of hydrogen-bond acceptors (Lipinski definition) is 4. The highest BCUT2D eigenvalue weighted by Gasteiger charge is 2.20. The SMILES string of the molecule is Cc1cc(NC(=O)CN(CCC(C)C)C(=O)c2ccc(Cl)cc2)no1. The summed E-state index contributed by atoms with van der Waals surface area (Å²) in [5.74, 6) is 0.833. The molecule has 0 spiro atoms. The van der Waals surface area contributed by atoms with Crippen molar-refractivity contribution in [1.82, 2.24) is 10.1 Å². The van der Waals surface area contributed by atoms with E-state index in [-0.39, 0.29) is 18.4 Å². The first-order valence-electron chi connectivity index (χ1n) is 8.13. The number of amides is 2. The van der Waals surface area contributed by atoms with Gasteiger partial charge in [0.15, 0.2) is 5.82 Å². The second kappa shape index (κ2) is 8.67. The van der Waals surface area contributed by atoms with Gasteiger partial charge in [0, 0.05) is 23.2 Å². The van der Waals surface area contributed by atoms with Gasteiger partial charge in [-0.05, 0) is 43.5 Å². The molecule has 0 saturated carbocycles. The first-order valence-corrected chi connectivity index (χ1v) is 8.51. The molecule has 1 aromatic heterocycles. The van der Waals surface area contributed by atoms with Crippen LogP contribution in [0.1, 0.15) is 36.4 Å². The van der Waals surface area contributed by atoms with Gasteiger partial charge in [-0.15, -0.1) is 0 Å². The lowest BCUT2D eigenvalue weighted by atomic mass is 10.1. The molecule has 0 bridgehead atoms. The average Bonchev–Trinajstić information content (AvgIpc) is 2.96. The zero-order valence-corrected chi connectivity index (χ0v) is 15.3. The summed E-state index contributed by atoms with van der Waals surface area (Å²) in [6, 6.07) is 8.26. The number of halogens is 1. The summed E-state index contributed by atoms with van der Waals surface area (Å²) < 4.78 is 4.92. The highest BCUT2D eigenvalue weighted by Crippen LogP contribution is 2.13. The standard InChI is InChI=1S/C18H22ClN3O3/c1-12(2)8-9-22(18(24)14-4-6-15(19)7-5-14)11-17(23)20-16-10-13(3)25-21-16/h4-7,10,12H,8-9,11H2,1-3H3,(H,20,21,23). The number of aryl methyl sites for hydroxylation is 1. The Bertz CT molecular complexity index is 725. The van der Waals surface area contributed by atoms with Crippen molar-refractivity contribution in [3.8, 4) is 0 Å². The van der Waals surface area contributed by atoms with Crippen molar-refractivity contribution < 1.29 is 14.1 Å². The Balaban J connectivity index is 2.07. The van der Waals surface area contributed by atoms with Gasteiger partial charge in [0.25, 0.3) is 5.91 Å². The Morgan fingerprint density at radius 2 is 1.96 bits per heavy atom. The number of aromatic nitrogens is 1. The molecular weight excluding hydrogens is 342 g/mol. The van der Waals surface area contributed by atoms with Crippen molar-refractivity contribution in [2.24, 2.45) is 5.92 Å². The molecule has 0 aliphatic rings. The molecule has 0 fully saturated rings. The number of benzene rings is 1. The maximum Gasteiger partial charge on any atom is 0.254 e. The normalized spacial score (nSPS) is 10.8. The maximum absolute atomic E-state index is 12.7. The molecule has 6 nitrogen and oxygen atoms in total. The quantitative estimate of drug-likeness (QED) is 0.812. The van der Waals surface area contributed by atoms with Crippen LogP contribution < -0.4 is 5.32 Å². The van der Waals surface area contributed by atoms with Crippen LogP contribution in [-0.4, -0.2) is 35.0 Å². The summed E-state index contributed by atoms with van der Waals surface area (Å²) in [6.45, 7) is 6.32. The maximum atomic E-state index is 12.7. The Labute approximate surface area is 152 Å². The molecule has 1 N–H and O–H groups in total. The van der Waals surface area contributed by atoms with Crippen LogP contribution in [0.5, 0.6) is 0 Å². The van der Waals surface area contributed by atoms with Crippen LogP contribution in [0.25, 0.3) is 0 Å². The molecule has 134 valence electrons. The molecule has 25 heavy (non-hydrogen) atoms. The van der Waals surface area contributed by atoms with Gasteiger partial charge in [0.05, 0.1) is 0 Å². The van der Waals surface area contributed by atoms with Crippen LogP contribution in [0.3, 0.4) is 0 Å². The molecule has 0 aliphatic carbocycles. The Morgan fingerprint density at radius 1 is 1.28 bits per heavy atom. The molecule has 0 radical (unpaired) electrons. The van der Waals surface area contributed by atoms with E-state index in [4.69, 9.17) is 16.1 Å². The van der Waals surface area contributed by atoms with Crippen molar-refractivity contribution >= 4 is 29.2 Å². The van der Waals surface area contributed by atoms with E-state index in [1.807, 2.05) is 0 Å². The van der Waals surface area contributed by atoms with Crippen molar-refractivity contribution in [2.45, 2.75) is 27.2 Å². The summed E-state index contributed by atoms with van der Waals surface area (Å²) in [6.07, 6.45) is 0.801.